The molecule has 100 valence electrons. The summed E-state index contributed by atoms with van der Waals surface area (Å²) in [6, 6.07) is -0.592. The van der Waals surface area contributed by atoms with Crippen molar-refractivity contribution < 1.29 is 14.5 Å². The third-order valence-corrected chi connectivity index (χ3v) is 2.77. The van der Waals surface area contributed by atoms with Crippen LogP contribution in [0.25, 0.3) is 0 Å². The molecule has 0 rings (SSSR count). The average Bonchev–Trinajstić information content (AvgIpc) is 2.30. The molecule has 0 aliphatic carbocycles. The number of nitrogens with zero attached hydrogens (tertiary/aromatic N) is 1. The number of nitro groups is 1. The van der Waals surface area contributed by atoms with Gasteiger partial charge in [-0.1, -0.05) is 26.7 Å². The normalized spacial score (nSPS) is 14.1. The van der Waals surface area contributed by atoms with Crippen LogP contribution in [0.3, 0.4) is 0 Å². The van der Waals surface area contributed by atoms with E-state index in [0.717, 1.165) is 19.3 Å². The highest BCUT2D eigenvalue weighted by molar-refractivity contribution is 5.71. The molecule has 0 bridgehead atoms. The maximum absolute atomic E-state index is 11.5. The molecule has 5 heteroatoms. The van der Waals surface area contributed by atoms with E-state index < -0.39 is 6.04 Å². The van der Waals surface area contributed by atoms with Gasteiger partial charge < -0.3 is 4.74 Å². The Bertz CT molecular complexity index is 243. The molecule has 0 aliphatic heterocycles. The Balaban J connectivity index is 3.70. The second kappa shape index (κ2) is 8.96. The van der Waals surface area contributed by atoms with Crippen molar-refractivity contribution in [3.05, 3.63) is 10.1 Å². The Labute approximate surface area is 103 Å². The lowest BCUT2D eigenvalue weighted by molar-refractivity contribution is -0.519. The molecular weight excluding hydrogens is 222 g/mol. The summed E-state index contributed by atoms with van der Waals surface area (Å²) in [7, 11) is 0. The molecule has 0 radical (unpaired) electrons. The maximum atomic E-state index is 11.5. The highest BCUT2D eigenvalue weighted by atomic mass is 16.6. The van der Waals surface area contributed by atoms with E-state index in [9.17, 15) is 14.9 Å². The average molecular weight is 245 g/mol. The third-order valence-electron chi connectivity index (χ3n) is 2.77. The van der Waals surface area contributed by atoms with Crippen molar-refractivity contribution in [3.63, 3.8) is 0 Å². The first-order valence-electron chi connectivity index (χ1n) is 6.29. The molecule has 0 aliphatic rings. The van der Waals surface area contributed by atoms with Crippen molar-refractivity contribution in [2.24, 2.45) is 5.92 Å². The number of carbonyl (C=O) groups excluding carboxylic acids is 1. The number of rotatable bonds is 9. The summed E-state index contributed by atoms with van der Waals surface area (Å²) in [5.41, 5.74) is 0. The fourth-order valence-electron chi connectivity index (χ4n) is 1.38. The predicted molar refractivity (Wildman–Crippen MR) is 65.3 cm³/mol. The molecule has 2 atom stereocenters. The van der Waals surface area contributed by atoms with Gasteiger partial charge in [0.1, 0.15) is 0 Å². The monoisotopic (exact) mass is 245 g/mol. The molecule has 0 heterocycles. The van der Waals surface area contributed by atoms with Gasteiger partial charge >= 0.3 is 5.97 Å². The fourth-order valence-corrected chi connectivity index (χ4v) is 1.38. The minimum atomic E-state index is -0.592. The van der Waals surface area contributed by atoms with Crippen LogP contribution in [0.2, 0.25) is 0 Å². The summed E-state index contributed by atoms with van der Waals surface area (Å²) in [4.78, 5) is 21.6. The summed E-state index contributed by atoms with van der Waals surface area (Å²) in [5, 5.41) is 10.4. The smallest absolute Gasteiger partial charge is 0.308 e. The summed E-state index contributed by atoms with van der Waals surface area (Å²) in [5.74, 6) is -0.490. The Morgan fingerprint density at radius 1 is 1.29 bits per heavy atom. The zero-order valence-corrected chi connectivity index (χ0v) is 11.0. The van der Waals surface area contributed by atoms with Crippen LogP contribution in [0.4, 0.5) is 0 Å². The Morgan fingerprint density at radius 2 is 1.94 bits per heavy atom. The van der Waals surface area contributed by atoms with Gasteiger partial charge in [0.05, 0.1) is 12.5 Å². The van der Waals surface area contributed by atoms with Gasteiger partial charge in [-0.25, -0.2) is 0 Å². The Hall–Kier alpha value is -1.13. The van der Waals surface area contributed by atoms with Gasteiger partial charge in [0, 0.05) is 18.3 Å². The van der Waals surface area contributed by atoms with Crippen LogP contribution in [0.5, 0.6) is 0 Å². The molecule has 0 spiro atoms. The van der Waals surface area contributed by atoms with Gasteiger partial charge in [0.2, 0.25) is 6.04 Å². The topological polar surface area (TPSA) is 69.4 Å². The van der Waals surface area contributed by atoms with Gasteiger partial charge in [-0.15, -0.1) is 0 Å². The van der Waals surface area contributed by atoms with Crippen molar-refractivity contribution in [1.29, 1.82) is 0 Å². The summed E-state index contributed by atoms with van der Waals surface area (Å²) in [6.07, 6.45) is 3.96. The lowest BCUT2D eigenvalue weighted by Gasteiger charge is -2.11. The van der Waals surface area contributed by atoms with E-state index >= 15 is 0 Å². The van der Waals surface area contributed by atoms with Crippen LogP contribution in [0.15, 0.2) is 0 Å². The summed E-state index contributed by atoms with van der Waals surface area (Å²) in [6.45, 7) is 5.86. The number of ether oxygens (including phenoxy) is 1. The highest BCUT2D eigenvalue weighted by Crippen LogP contribution is 2.11. The zero-order chi connectivity index (χ0) is 13.3. The van der Waals surface area contributed by atoms with E-state index in [0.29, 0.717) is 19.4 Å². The largest absolute Gasteiger partial charge is 0.465 e. The molecule has 0 aromatic rings. The molecule has 0 aromatic heterocycles. The van der Waals surface area contributed by atoms with E-state index in [1.54, 1.807) is 13.8 Å². The zero-order valence-electron chi connectivity index (χ0n) is 11.0. The van der Waals surface area contributed by atoms with Gasteiger partial charge in [-0.2, -0.15) is 0 Å². The molecule has 17 heavy (non-hydrogen) atoms. The first-order chi connectivity index (χ1) is 7.99. The summed E-state index contributed by atoms with van der Waals surface area (Å²) >= 11 is 0. The maximum Gasteiger partial charge on any atom is 0.308 e. The number of carbonyl (C=O) groups is 1. The van der Waals surface area contributed by atoms with Crippen LogP contribution in [-0.2, 0) is 9.53 Å². The number of unbranched alkanes of at least 4 members (excludes halogenated alkanes) is 2. The second-order valence-electron chi connectivity index (χ2n) is 4.49. The lowest BCUT2D eigenvalue weighted by atomic mass is 10.0. The van der Waals surface area contributed by atoms with E-state index in [1.807, 2.05) is 0 Å². The molecule has 0 fully saturated rings. The molecular formula is C12H23NO4. The van der Waals surface area contributed by atoms with Crippen LogP contribution in [0.1, 0.15) is 52.9 Å². The van der Waals surface area contributed by atoms with E-state index in [1.165, 1.54) is 0 Å². The molecule has 0 N–H and O–H groups in total. The molecule has 0 amide bonds. The minimum Gasteiger partial charge on any atom is -0.465 e. The third kappa shape index (κ3) is 7.71. The quantitative estimate of drug-likeness (QED) is 0.271. The van der Waals surface area contributed by atoms with Crippen molar-refractivity contribution in [2.75, 3.05) is 6.61 Å². The summed E-state index contributed by atoms with van der Waals surface area (Å²) < 4.78 is 5.09. The standard InChI is InChI=1S/C12H23NO4/c1-4-5-6-9-17-12(14)10(2)7-8-11(3)13(15)16/h10-11H,4-9H2,1-3H3/t10-,11+/m0/s1. The molecule has 5 nitrogen and oxygen atoms in total. The van der Waals surface area contributed by atoms with E-state index in [-0.39, 0.29) is 16.8 Å². The Morgan fingerprint density at radius 3 is 2.47 bits per heavy atom. The first kappa shape index (κ1) is 15.9. The first-order valence-corrected chi connectivity index (χ1v) is 6.29. The lowest BCUT2D eigenvalue weighted by Crippen LogP contribution is -2.20. The number of esters is 1. The van der Waals surface area contributed by atoms with Crippen molar-refractivity contribution in [3.8, 4) is 0 Å². The number of hydrogen-bond acceptors (Lipinski definition) is 4. The predicted octanol–water partition coefficient (Wildman–Crippen LogP) is 2.80. The van der Waals surface area contributed by atoms with Gasteiger partial charge in [0.15, 0.2) is 0 Å². The van der Waals surface area contributed by atoms with Crippen LogP contribution >= 0.6 is 0 Å². The fraction of sp³-hybridized carbons (Fsp3) is 0.917. The minimum absolute atomic E-state index is 0.239. The van der Waals surface area contributed by atoms with Crippen molar-refractivity contribution in [1.82, 2.24) is 0 Å². The van der Waals surface area contributed by atoms with Crippen LogP contribution in [0, 0.1) is 16.0 Å². The second-order valence-corrected chi connectivity index (χ2v) is 4.49. The molecule has 0 aromatic carbocycles. The highest BCUT2D eigenvalue weighted by Gasteiger charge is 2.19. The van der Waals surface area contributed by atoms with E-state index in [4.69, 9.17) is 4.74 Å². The van der Waals surface area contributed by atoms with Crippen LogP contribution in [-0.4, -0.2) is 23.5 Å². The van der Waals surface area contributed by atoms with E-state index in [2.05, 4.69) is 6.92 Å². The van der Waals surface area contributed by atoms with Gasteiger partial charge in [0.25, 0.3) is 0 Å². The molecule has 0 saturated carbocycles. The van der Waals surface area contributed by atoms with Crippen molar-refractivity contribution in [2.45, 2.75) is 58.9 Å². The number of hydrogen-bond donors (Lipinski definition) is 0. The molecule has 0 saturated heterocycles. The Kier molecular flexibility index (Phi) is 8.36. The molecule has 0 unspecified atom stereocenters. The van der Waals surface area contributed by atoms with Gasteiger partial charge in [-0.05, 0) is 12.8 Å². The van der Waals surface area contributed by atoms with Gasteiger partial charge in [-0.3, -0.25) is 14.9 Å². The SMILES string of the molecule is CCCCCOC(=O)[C@@H](C)CC[C@@H](C)[N+](=O)[O-]. The van der Waals surface area contributed by atoms with Crippen LogP contribution < -0.4 is 0 Å². The van der Waals surface area contributed by atoms with Crippen molar-refractivity contribution >= 4 is 5.97 Å².